The number of nitrogens with two attached hydrogens (primary N) is 1. The summed E-state index contributed by atoms with van der Waals surface area (Å²) in [6.45, 7) is 4.31. The third kappa shape index (κ3) is 6.75. The second-order valence-corrected chi connectivity index (χ2v) is 7.74. The van der Waals surface area contributed by atoms with Crippen LogP contribution in [0.25, 0.3) is 0 Å². The average molecular weight is 425 g/mol. The summed E-state index contributed by atoms with van der Waals surface area (Å²) in [5, 5.41) is 3.16. The molecule has 3 aliphatic rings. The Morgan fingerprint density at radius 3 is 2.19 bits per heavy atom. The van der Waals surface area contributed by atoms with E-state index in [-0.39, 0.29) is 36.6 Å². The van der Waals surface area contributed by atoms with Crippen LogP contribution in [0.4, 0.5) is 0 Å². The van der Waals surface area contributed by atoms with Crippen molar-refractivity contribution < 1.29 is 14.3 Å². The van der Waals surface area contributed by atoms with E-state index in [1.165, 1.54) is 19.3 Å². The minimum Gasteiger partial charge on any atom is -0.381 e. The molecule has 3 fully saturated rings. The molecule has 2 amide bonds. The Morgan fingerprint density at radius 2 is 1.59 bits per heavy atom. The van der Waals surface area contributed by atoms with E-state index in [4.69, 9.17) is 10.5 Å². The summed E-state index contributed by atoms with van der Waals surface area (Å²) in [4.78, 5) is 28.9. The van der Waals surface area contributed by atoms with Gasteiger partial charge in [-0.3, -0.25) is 14.5 Å². The van der Waals surface area contributed by atoms with Crippen LogP contribution in [0.1, 0.15) is 44.9 Å². The predicted molar refractivity (Wildman–Crippen MR) is 110 cm³/mol. The summed E-state index contributed by atoms with van der Waals surface area (Å²) in [5.41, 5.74) is 5.54. The van der Waals surface area contributed by atoms with Crippen molar-refractivity contribution in [1.82, 2.24) is 15.1 Å². The molecule has 1 saturated carbocycles. The van der Waals surface area contributed by atoms with Gasteiger partial charge in [0.1, 0.15) is 0 Å². The number of nitrogens with zero attached hydrogens (tertiary/aromatic N) is 2. The Morgan fingerprint density at radius 1 is 1.00 bits per heavy atom. The Hall–Kier alpha value is -0.600. The third-order valence-corrected chi connectivity index (χ3v) is 5.81. The summed E-state index contributed by atoms with van der Waals surface area (Å²) < 4.78 is 5.32. The van der Waals surface area contributed by atoms with Gasteiger partial charge in [-0.2, -0.15) is 0 Å². The highest BCUT2D eigenvalue weighted by atomic mass is 35.5. The quantitative estimate of drug-likeness (QED) is 0.700. The highest BCUT2D eigenvalue weighted by molar-refractivity contribution is 5.86. The molecule has 0 atom stereocenters. The van der Waals surface area contributed by atoms with Gasteiger partial charge in [-0.1, -0.05) is 19.3 Å². The topological polar surface area (TPSA) is 87.9 Å². The predicted octanol–water partition coefficient (Wildman–Crippen LogP) is 0.931. The van der Waals surface area contributed by atoms with Gasteiger partial charge in [0.25, 0.3) is 0 Å². The molecule has 2 aliphatic heterocycles. The van der Waals surface area contributed by atoms with Gasteiger partial charge in [0, 0.05) is 45.4 Å². The van der Waals surface area contributed by atoms with Crippen LogP contribution >= 0.6 is 24.8 Å². The summed E-state index contributed by atoms with van der Waals surface area (Å²) >= 11 is 0. The Labute approximate surface area is 174 Å². The molecule has 0 unspecified atom stereocenters. The fourth-order valence-corrected chi connectivity index (χ4v) is 4.10. The van der Waals surface area contributed by atoms with E-state index in [1.54, 1.807) is 0 Å². The molecule has 2 saturated heterocycles. The highest BCUT2D eigenvalue weighted by Crippen LogP contribution is 2.21. The van der Waals surface area contributed by atoms with E-state index in [0.29, 0.717) is 51.7 Å². The standard InChI is InChI=1S/C18H32N4O3.2ClH/c19-18(6-12-25-13-7-18)17(24)22-10-8-21(9-11-22)14-16(23)20-15-4-2-1-3-5-15;;/h15H,1-14,19H2,(H,20,23);2*1H. The van der Waals surface area contributed by atoms with Crippen LogP contribution in [0.15, 0.2) is 0 Å². The largest absolute Gasteiger partial charge is 0.381 e. The van der Waals surface area contributed by atoms with E-state index in [2.05, 4.69) is 10.2 Å². The van der Waals surface area contributed by atoms with Crippen LogP contribution in [0.5, 0.6) is 0 Å². The Kier molecular flexibility index (Phi) is 10.3. The molecule has 0 radical (unpaired) electrons. The van der Waals surface area contributed by atoms with Crippen LogP contribution in [-0.2, 0) is 14.3 Å². The maximum Gasteiger partial charge on any atom is 0.242 e. The zero-order chi connectivity index (χ0) is 17.7. The van der Waals surface area contributed by atoms with Crippen molar-refractivity contribution in [3.8, 4) is 0 Å². The number of hydrogen-bond acceptors (Lipinski definition) is 5. The molecule has 1 aliphatic carbocycles. The number of carbonyl (C=O) groups excluding carboxylic acids is 2. The molecular weight excluding hydrogens is 391 g/mol. The number of nitrogens with one attached hydrogen (secondary N) is 1. The lowest BCUT2D eigenvalue weighted by Crippen LogP contribution is -2.61. The molecule has 0 aromatic heterocycles. The number of carbonyl (C=O) groups is 2. The fourth-order valence-electron chi connectivity index (χ4n) is 4.10. The number of halogens is 2. The van der Waals surface area contributed by atoms with Crippen molar-refractivity contribution in [3.63, 3.8) is 0 Å². The molecule has 27 heavy (non-hydrogen) atoms. The SMILES string of the molecule is Cl.Cl.NC1(C(=O)N2CCN(CC(=O)NC3CCCCC3)CC2)CCOCC1. The van der Waals surface area contributed by atoms with Crippen molar-refractivity contribution >= 4 is 36.6 Å². The monoisotopic (exact) mass is 424 g/mol. The van der Waals surface area contributed by atoms with Crippen LogP contribution in [0.2, 0.25) is 0 Å². The number of amides is 2. The van der Waals surface area contributed by atoms with Gasteiger partial charge < -0.3 is 20.7 Å². The van der Waals surface area contributed by atoms with Crippen molar-refractivity contribution in [2.75, 3.05) is 45.9 Å². The maximum atomic E-state index is 12.7. The van der Waals surface area contributed by atoms with Crippen molar-refractivity contribution in [1.29, 1.82) is 0 Å². The van der Waals surface area contributed by atoms with E-state index in [9.17, 15) is 9.59 Å². The first-order valence-electron chi connectivity index (χ1n) is 9.74. The van der Waals surface area contributed by atoms with Gasteiger partial charge in [0.2, 0.25) is 11.8 Å². The molecule has 9 heteroatoms. The molecule has 158 valence electrons. The molecule has 0 aromatic carbocycles. The average Bonchev–Trinajstić information content (AvgIpc) is 2.63. The molecule has 2 heterocycles. The number of piperazine rings is 1. The summed E-state index contributed by atoms with van der Waals surface area (Å²) in [7, 11) is 0. The second kappa shape index (κ2) is 11.4. The molecule has 3 N–H and O–H groups in total. The molecule has 0 aromatic rings. The third-order valence-electron chi connectivity index (χ3n) is 5.81. The number of ether oxygens (including phenoxy) is 1. The number of rotatable bonds is 4. The Balaban J connectivity index is 0.00000182. The minimum atomic E-state index is -0.765. The van der Waals surface area contributed by atoms with E-state index in [0.717, 1.165) is 25.9 Å². The molecule has 0 bridgehead atoms. The lowest BCUT2D eigenvalue weighted by Gasteiger charge is -2.40. The highest BCUT2D eigenvalue weighted by Gasteiger charge is 2.39. The van der Waals surface area contributed by atoms with Crippen LogP contribution in [0.3, 0.4) is 0 Å². The van der Waals surface area contributed by atoms with E-state index in [1.807, 2.05) is 4.90 Å². The first kappa shape index (κ1) is 24.4. The summed E-state index contributed by atoms with van der Waals surface area (Å²) in [6, 6.07) is 0.356. The summed E-state index contributed by atoms with van der Waals surface area (Å²) in [5.74, 6) is 0.161. The van der Waals surface area contributed by atoms with Gasteiger partial charge >= 0.3 is 0 Å². The Bertz CT molecular complexity index is 475. The molecule has 7 nitrogen and oxygen atoms in total. The number of hydrogen-bond donors (Lipinski definition) is 2. The smallest absolute Gasteiger partial charge is 0.242 e. The van der Waals surface area contributed by atoms with E-state index >= 15 is 0 Å². The normalized spacial score (nSPS) is 23.7. The van der Waals surface area contributed by atoms with Gasteiger partial charge in [0.15, 0.2) is 0 Å². The first-order chi connectivity index (χ1) is 12.1. The maximum absolute atomic E-state index is 12.7. The zero-order valence-corrected chi connectivity index (χ0v) is 17.6. The zero-order valence-electron chi connectivity index (χ0n) is 16.0. The molecule has 0 spiro atoms. The molecular formula is C18H34Cl2N4O3. The van der Waals surface area contributed by atoms with Crippen LogP contribution in [-0.4, -0.2) is 79.1 Å². The van der Waals surface area contributed by atoms with Gasteiger partial charge in [-0.15, -0.1) is 24.8 Å². The van der Waals surface area contributed by atoms with E-state index < -0.39 is 5.54 Å². The van der Waals surface area contributed by atoms with Gasteiger partial charge in [-0.05, 0) is 25.7 Å². The molecule has 3 rings (SSSR count). The van der Waals surface area contributed by atoms with Crippen molar-refractivity contribution in [2.45, 2.75) is 56.5 Å². The lowest BCUT2D eigenvalue weighted by molar-refractivity contribution is -0.142. The van der Waals surface area contributed by atoms with Crippen LogP contribution < -0.4 is 11.1 Å². The van der Waals surface area contributed by atoms with Gasteiger partial charge in [-0.25, -0.2) is 0 Å². The van der Waals surface area contributed by atoms with Gasteiger partial charge in [0.05, 0.1) is 12.1 Å². The minimum absolute atomic E-state index is 0. The second-order valence-electron chi connectivity index (χ2n) is 7.74. The lowest BCUT2D eigenvalue weighted by atomic mass is 9.89. The summed E-state index contributed by atoms with van der Waals surface area (Å²) in [6.07, 6.45) is 7.13. The van der Waals surface area contributed by atoms with Crippen LogP contribution in [0, 0.1) is 0 Å². The first-order valence-corrected chi connectivity index (χ1v) is 9.74. The van der Waals surface area contributed by atoms with Crippen molar-refractivity contribution in [2.24, 2.45) is 5.73 Å². The van der Waals surface area contributed by atoms with Crippen molar-refractivity contribution in [3.05, 3.63) is 0 Å². The fraction of sp³-hybridized carbons (Fsp3) is 0.889.